The third-order valence-corrected chi connectivity index (χ3v) is 6.61. The van der Waals surface area contributed by atoms with Gasteiger partial charge in [0.25, 0.3) is 0 Å². The molecular weight excluding hydrogens is 308 g/mol. The number of rotatable bonds is 4. The summed E-state index contributed by atoms with van der Waals surface area (Å²) in [5.74, 6) is 1.11. The fourth-order valence-electron chi connectivity index (χ4n) is 3.49. The average Bonchev–Trinajstić information content (AvgIpc) is 3.04. The van der Waals surface area contributed by atoms with Gasteiger partial charge in [-0.15, -0.1) is 11.8 Å². The summed E-state index contributed by atoms with van der Waals surface area (Å²) in [6, 6.07) is 7.61. The van der Waals surface area contributed by atoms with Crippen LogP contribution in [0.15, 0.2) is 24.3 Å². The van der Waals surface area contributed by atoms with Gasteiger partial charge >= 0.3 is 0 Å². The number of benzene rings is 1. The summed E-state index contributed by atoms with van der Waals surface area (Å²) in [4.78, 5) is 26.6. The molecule has 0 unspecified atom stereocenters. The summed E-state index contributed by atoms with van der Waals surface area (Å²) in [6.45, 7) is 6.38. The Kier molecular flexibility index (Phi) is 4.41. The predicted molar refractivity (Wildman–Crippen MR) is 94.5 cm³/mol. The molecule has 3 rings (SSSR count). The van der Waals surface area contributed by atoms with Gasteiger partial charge in [-0.3, -0.25) is 9.59 Å². The monoisotopic (exact) mass is 332 g/mol. The number of amides is 2. The molecule has 0 aliphatic carbocycles. The maximum atomic E-state index is 12.8. The third-order valence-electron chi connectivity index (χ3n) is 5.11. The first kappa shape index (κ1) is 16.4. The Hall–Kier alpha value is -1.49. The number of hydrogen-bond donors (Lipinski definition) is 1. The van der Waals surface area contributed by atoms with Gasteiger partial charge in [0.05, 0.1) is 4.87 Å². The van der Waals surface area contributed by atoms with E-state index in [1.54, 1.807) is 16.7 Å². The SMILES string of the molecule is CC[C@H](C)c1ccccc1NC(=O)[C@@H]1CS[C@@]2(C)CCC(=O)N12. The Labute approximate surface area is 142 Å². The van der Waals surface area contributed by atoms with Crippen LogP contribution in [0.5, 0.6) is 0 Å². The Balaban J connectivity index is 1.79. The van der Waals surface area contributed by atoms with E-state index in [9.17, 15) is 9.59 Å². The van der Waals surface area contributed by atoms with Gasteiger partial charge in [0.1, 0.15) is 6.04 Å². The molecule has 1 aromatic carbocycles. The first-order valence-electron chi connectivity index (χ1n) is 8.32. The summed E-state index contributed by atoms with van der Waals surface area (Å²) in [6.07, 6.45) is 2.41. The summed E-state index contributed by atoms with van der Waals surface area (Å²) in [7, 11) is 0. The molecule has 0 bridgehead atoms. The number of carbonyl (C=O) groups excluding carboxylic acids is 2. The Morgan fingerprint density at radius 3 is 2.96 bits per heavy atom. The molecular formula is C18H24N2O2S. The lowest BCUT2D eigenvalue weighted by molar-refractivity contribution is -0.135. The van der Waals surface area contributed by atoms with Crippen LogP contribution in [-0.2, 0) is 9.59 Å². The number of thioether (sulfide) groups is 1. The van der Waals surface area contributed by atoms with E-state index in [0.29, 0.717) is 18.1 Å². The maximum Gasteiger partial charge on any atom is 0.248 e. The van der Waals surface area contributed by atoms with E-state index in [0.717, 1.165) is 24.1 Å². The van der Waals surface area contributed by atoms with E-state index in [4.69, 9.17) is 0 Å². The molecule has 5 heteroatoms. The molecule has 2 heterocycles. The number of nitrogens with one attached hydrogen (secondary N) is 1. The van der Waals surface area contributed by atoms with Gasteiger partial charge in [0, 0.05) is 17.9 Å². The second-order valence-electron chi connectivity index (χ2n) is 6.65. The zero-order valence-corrected chi connectivity index (χ0v) is 14.8. The first-order valence-corrected chi connectivity index (χ1v) is 9.30. The second kappa shape index (κ2) is 6.19. The van der Waals surface area contributed by atoms with Crippen molar-refractivity contribution >= 4 is 29.3 Å². The molecule has 4 nitrogen and oxygen atoms in total. The highest BCUT2D eigenvalue weighted by Crippen LogP contribution is 2.47. The van der Waals surface area contributed by atoms with Gasteiger partial charge in [-0.05, 0) is 37.3 Å². The van der Waals surface area contributed by atoms with E-state index >= 15 is 0 Å². The average molecular weight is 332 g/mol. The highest BCUT2D eigenvalue weighted by atomic mass is 32.2. The van der Waals surface area contributed by atoms with Crippen LogP contribution in [0.3, 0.4) is 0 Å². The Morgan fingerprint density at radius 2 is 2.22 bits per heavy atom. The lowest BCUT2D eigenvalue weighted by Gasteiger charge is -2.30. The van der Waals surface area contributed by atoms with E-state index < -0.39 is 0 Å². The Bertz CT molecular complexity index is 633. The van der Waals surface area contributed by atoms with E-state index in [1.165, 1.54) is 0 Å². The number of anilines is 1. The van der Waals surface area contributed by atoms with Crippen LogP contribution in [0, 0.1) is 0 Å². The van der Waals surface area contributed by atoms with Crippen molar-refractivity contribution in [3.8, 4) is 0 Å². The zero-order valence-electron chi connectivity index (χ0n) is 14.0. The van der Waals surface area contributed by atoms with Crippen LogP contribution in [0.2, 0.25) is 0 Å². The lowest BCUT2D eigenvalue weighted by Crippen LogP contribution is -2.48. The van der Waals surface area contributed by atoms with Crippen LogP contribution < -0.4 is 5.32 Å². The number of hydrogen-bond acceptors (Lipinski definition) is 3. The van der Waals surface area contributed by atoms with Gasteiger partial charge in [0.15, 0.2) is 0 Å². The largest absolute Gasteiger partial charge is 0.324 e. The quantitative estimate of drug-likeness (QED) is 0.916. The van der Waals surface area contributed by atoms with E-state index in [-0.39, 0.29) is 22.7 Å². The second-order valence-corrected chi connectivity index (χ2v) is 8.15. The van der Waals surface area contributed by atoms with Crippen molar-refractivity contribution in [1.82, 2.24) is 4.90 Å². The van der Waals surface area contributed by atoms with Crippen LogP contribution in [0.4, 0.5) is 5.69 Å². The molecule has 0 aromatic heterocycles. The van der Waals surface area contributed by atoms with Gasteiger partial charge in [-0.1, -0.05) is 32.0 Å². The van der Waals surface area contributed by atoms with Crippen LogP contribution in [-0.4, -0.2) is 33.4 Å². The molecule has 0 spiro atoms. The summed E-state index contributed by atoms with van der Waals surface area (Å²) in [5.41, 5.74) is 2.03. The number of para-hydroxylation sites is 1. The molecule has 1 aromatic rings. The van der Waals surface area contributed by atoms with Crippen molar-refractivity contribution < 1.29 is 9.59 Å². The summed E-state index contributed by atoms with van der Waals surface area (Å²) >= 11 is 1.73. The first-order chi connectivity index (χ1) is 11.0. The molecule has 2 aliphatic heterocycles. The van der Waals surface area contributed by atoms with E-state index in [1.807, 2.05) is 18.2 Å². The summed E-state index contributed by atoms with van der Waals surface area (Å²) < 4.78 is 0. The highest BCUT2D eigenvalue weighted by molar-refractivity contribution is 8.01. The number of carbonyl (C=O) groups is 2. The standard InChI is InChI=1S/C18H24N2O2S/c1-4-12(2)13-7-5-6-8-14(13)19-17(22)15-11-23-18(3)10-9-16(21)20(15)18/h5-8,12,15H,4,9-11H2,1-3H3,(H,19,22)/t12-,15-,18-/m0/s1. The van der Waals surface area contributed by atoms with Gasteiger partial charge in [-0.25, -0.2) is 0 Å². The van der Waals surface area contributed by atoms with Gasteiger partial charge in [0.2, 0.25) is 11.8 Å². The smallest absolute Gasteiger partial charge is 0.248 e. The lowest BCUT2D eigenvalue weighted by atomic mass is 9.97. The molecule has 1 N–H and O–H groups in total. The third kappa shape index (κ3) is 2.87. The van der Waals surface area contributed by atoms with Crippen molar-refractivity contribution in [3.05, 3.63) is 29.8 Å². The molecule has 124 valence electrons. The van der Waals surface area contributed by atoms with Gasteiger partial charge < -0.3 is 10.2 Å². The molecule has 2 aliphatic rings. The predicted octanol–water partition coefficient (Wildman–Crippen LogP) is 3.59. The zero-order chi connectivity index (χ0) is 16.6. The fourth-order valence-corrected chi connectivity index (χ4v) is 4.92. The Morgan fingerprint density at radius 1 is 1.48 bits per heavy atom. The van der Waals surface area contributed by atoms with Crippen molar-refractivity contribution in [1.29, 1.82) is 0 Å². The van der Waals surface area contributed by atoms with Crippen molar-refractivity contribution in [2.24, 2.45) is 0 Å². The topological polar surface area (TPSA) is 49.4 Å². The van der Waals surface area contributed by atoms with E-state index in [2.05, 4.69) is 32.2 Å². The van der Waals surface area contributed by atoms with Gasteiger partial charge in [-0.2, -0.15) is 0 Å². The number of fused-ring (bicyclic) bond motifs is 1. The molecule has 3 atom stereocenters. The minimum absolute atomic E-state index is 0.0628. The minimum atomic E-state index is -0.356. The molecule has 2 saturated heterocycles. The van der Waals surface area contributed by atoms with Crippen molar-refractivity contribution in [2.45, 2.75) is 56.9 Å². The molecule has 0 saturated carbocycles. The highest BCUT2D eigenvalue weighted by Gasteiger charge is 2.52. The van der Waals surface area contributed by atoms with Crippen LogP contribution in [0.25, 0.3) is 0 Å². The number of nitrogens with zero attached hydrogens (tertiary/aromatic N) is 1. The minimum Gasteiger partial charge on any atom is -0.324 e. The molecule has 0 radical (unpaired) electrons. The molecule has 2 amide bonds. The molecule has 2 fully saturated rings. The van der Waals surface area contributed by atoms with Crippen LogP contribution in [0.1, 0.15) is 51.5 Å². The van der Waals surface area contributed by atoms with Crippen molar-refractivity contribution in [2.75, 3.05) is 11.1 Å². The van der Waals surface area contributed by atoms with Crippen molar-refractivity contribution in [3.63, 3.8) is 0 Å². The normalized spacial score (nSPS) is 27.9. The maximum absolute atomic E-state index is 12.8. The molecule has 23 heavy (non-hydrogen) atoms. The summed E-state index contributed by atoms with van der Waals surface area (Å²) in [5, 5.41) is 3.07. The fraction of sp³-hybridized carbons (Fsp3) is 0.556. The van der Waals surface area contributed by atoms with Crippen LogP contribution >= 0.6 is 11.8 Å².